The topological polar surface area (TPSA) is 41.3 Å². The molecule has 5 heteroatoms. The van der Waals surface area contributed by atoms with Crippen LogP contribution in [0, 0.1) is 5.82 Å². The first-order valence-electron chi connectivity index (χ1n) is 5.36. The second kappa shape index (κ2) is 3.75. The van der Waals surface area contributed by atoms with Crippen LogP contribution in [-0.2, 0) is 0 Å². The summed E-state index contributed by atoms with van der Waals surface area (Å²) in [5.74, 6) is 0.349. The van der Waals surface area contributed by atoms with Crippen molar-refractivity contribution in [1.82, 2.24) is 10.5 Å². The van der Waals surface area contributed by atoms with Gasteiger partial charge in [0.1, 0.15) is 11.2 Å². The van der Waals surface area contributed by atoms with Gasteiger partial charge in [-0.3, -0.25) is 0 Å². The lowest BCUT2D eigenvalue weighted by Gasteiger charge is -2.26. The molecule has 84 valence electrons. The highest BCUT2D eigenvalue weighted by Gasteiger charge is 2.19. The van der Waals surface area contributed by atoms with E-state index in [2.05, 4.69) is 10.5 Å². The number of halogens is 1. The molecule has 3 rings (SSSR count). The fourth-order valence-electron chi connectivity index (χ4n) is 2.03. The van der Waals surface area contributed by atoms with Crippen LogP contribution in [0.1, 0.15) is 0 Å². The SMILES string of the molecule is Fc1cccc2onc(N3CCNCC3)c12. The van der Waals surface area contributed by atoms with Crippen LogP contribution in [-0.4, -0.2) is 31.3 Å². The zero-order valence-electron chi connectivity index (χ0n) is 8.74. The zero-order valence-corrected chi connectivity index (χ0v) is 8.74. The van der Waals surface area contributed by atoms with E-state index in [0.29, 0.717) is 16.8 Å². The number of benzene rings is 1. The van der Waals surface area contributed by atoms with Gasteiger partial charge in [0, 0.05) is 26.2 Å². The van der Waals surface area contributed by atoms with Crippen LogP contribution >= 0.6 is 0 Å². The molecule has 2 heterocycles. The number of nitrogens with one attached hydrogen (secondary N) is 1. The van der Waals surface area contributed by atoms with E-state index in [-0.39, 0.29) is 5.82 Å². The lowest BCUT2D eigenvalue weighted by atomic mass is 10.2. The molecule has 1 fully saturated rings. The first kappa shape index (κ1) is 9.59. The van der Waals surface area contributed by atoms with E-state index in [1.165, 1.54) is 6.07 Å². The van der Waals surface area contributed by atoms with Gasteiger partial charge in [-0.2, -0.15) is 0 Å². The van der Waals surface area contributed by atoms with Gasteiger partial charge in [0.15, 0.2) is 11.4 Å². The molecule has 0 aliphatic carbocycles. The van der Waals surface area contributed by atoms with E-state index in [1.807, 2.05) is 4.90 Å². The fraction of sp³-hybridized carbons (Fsp3) is 0.364. The van der Waals surface area contributed by atoms with Crippen LogP contribution < -0.4 is 10.2 Å². The number of piperazine rings is 1. The van der Waals surface area contributed by atoms with Crippen LogP contribution in [0.3, 0.4) is 0 Å². The van der Waals surface area contributed by atoms with Gasteiger partial charge in [0.25, 0.3) is 0 Å². The molecule has 1 aromatic heterocycles. The van der Waals surface area contributed by atoms with Crippen molar-refractivity contribution in [2.45, 2.75) is 0 Å². The second-order valence-corrected chi connectivity index (χ2v) is 3.86. The smallest absolute Gasteiger partial charge is 0.183 e. The number of nitrogens with zero attached hydrogens (tertiary/aromatic N) is 2. The standard InChI is InChI=1S/C11H12FN3O/c12-8-2-1-3-9-10(8)11(14-16-9)15-6-4-13-5-7-15/h1-3,13H,4-7H2. The van der Waals surface area contributed by atoms with Gasteiger partial charge in [0.05, 0.1) is 0 Å². The van der Waals surface area contributed by atoms with Crippen LogP contribution in [0.25, 0.3) is 11.0 Å². The van der Waals surface area contributed by atoms with Crippen molar-refractivity contribution < 1.29 is 8.91 Å². The molecule has 0 amide bonds. The Morgan fingerprint density at radius 2 is 2.12 bits per heavy atom. The minimum Gasteiger partial charge on any atom is -0.354 e. The van der Waals surface area contributed by atoms with Gasteiger partial charge >= 0.3 is 0 Å². The van der Waals surface area contributed by atoms with E-state index in [4.69, 9.17) is 4.52 Å². The Bertz CT molecular complexity index is 505. The molecular formula is C11H12FN3O. The minimum absolute atomic E-state index is 0.271. The van der Waals surface area contributed by atoms with Crippen molar-refractivity contribution >= 4 is 16.8 Å². The third kappa shape index (κ3) is 1.44. The summed E-state index contributed by atoms with van der Waals surface area (Å²) in [4.78, 5) is 2.05. The molecule has 0 bridgehead atoms. The van der Waals surface area contributed by atoms with Crippen molar-refractivity contribution in [2.75, 3.05) is 31.1 Å². The summed E-state index contributed by atoms with van der Waals surface area (Å²) in [6.07, 6.45) is 0. The van der Waals surface area contributed by atoms with Gasteiger partial charge in [0.2, 0.25) is 0 Å². The Labute approximate surface area is 92.0 Å². The fourth-order valence-corrected chi connectivity index (χ4v) is 2.03. The van der Waals surface area contributed by atoms with Crippen molar-refractivity contribution in [3.63, 3.8) is 0 Å². The Hall–Kier alpha value is -1.62. The average molecular weight is 221 g/mol. The molecule has 0 spiro atoms. The van der Waals surface area contributed by atoms with E-state index >= 15 is 0 Å². The molecule has 1 N–H and O–H groups in total. The van der Waals surface area contributed by atoms with Crippen molar-refractivity contribution in [3.8, 4) is 0 Å². The Morgan fingerprint density at radius 1 is 1.31 bits per heavy atom. The molecule has 1 aromatic carbocycles. The summed E-state index contributed by atoms with van der Waals surface area (Å²) in [5.41, 5.74) is 0.508. The first-order valence-corrected chi connectivity index (χ1v) is 5.36. The summed E-state index contributed by atoms with van der Waals surface area (Å²) in [6, 6.07) is 4.80. The second-order valence-electron chi connectivity index (χ2n) is 3.86. The number of fused-ring (bicyclic) bond motifs is 1. The summed E-state index contributed by atoms with van der Waals surface area (Å²) in [6.45, 7) is 3.44. The van der Waals surface area contributed by atoms with Gasteiger partial charge in [-0.1, -0.05) is 11.2 Å². The quantitative estimate of drug-likeness (QED) is 0.789. The molecule has 2 aromatic rings. The number of anilines is 1. The van der Waals surface area contributed by atoms with Crippen molar-refractivity contribution in [1.29, 1.82) is 0 Å². The molecule has 4 nitrogen and oxygen atoms in total. The summed E-state index contributed by atoms with van der Waals surface area (Å²) >= 11 is 0. The molecule has 1 saturated heterocycles. The van der Waals surface area contributed by atoms with Crippen molar-refractivity contribution in [3.05, 3.63) is 24.0 Å². The van der Waals surface area contributed by atoms with Gasteiger partial charge in [-0.05, 0) is 12.1 Å². The van der Waals surface area contributed by atoms with E-state index in [9.17, 15) is 4.39 Å². The van der Waals surface area contributed by atoms with Crippen LogP contribution in [0.2, 0.25) is 0 Å². The molecule has 16 heavy (non-hydrogen) atoms. The maximum Gasteiger partial charge on any atom is 0.183 e. The zero-order chi connectivity index (χ0) is 11.0. The number of rotatable bonds is 1. The number of aromatic nitrogens is 1. The van der Waals surface area contributed by atoms with Crippen molar-refractivity contribution in [2.24, 2.45) is 0 Å². The van der Waals surface area contributed by atoms with Gasteiger partial charge in [-0.25, -0.2) is 4.39 Å². The Balaban J connectivity index is 2.09. The van der Waals surface area contributed by atoms with E-state index in [0.717, 1.165) is 26.2 Å². The van der Waals surface area contributed by atoms with Gasteiger partial charge < -0.3 is 14.7 Å². The van der Waals surface area contributed by atoms with Crippen LogP contribution in [0.5, 0.6) is 0 Å². The lowest BCUT2D eigenvalue weighted by Crippen LogP contribution is -2.43. The predicted octanol–water partition coefficient (Wildman–Crippen LogP) is 1.38. The molecule has 0 radical (unpaired) electrons. The molecule has 0 unspecified atom stereocenters. The first-order chi connectivity index (χ1) is 7.86. The minimum atomic E-state index is -0.271. The van der Waals surface area contributed by atoms with Crippen LogP contribution in [0.15, 0.2) is 22.7 Å². The average Bonchev–Trinajstić information content (AvgIpc) is 2.75. The summed E-state index contributed by atoms with van der Waals surface area (Å²) in [5, 5.41) is 7.70. The summed E-state index contributed by atoms with van der Waals surface area (Å²) < 4.78 is 18.8. The monoisotopic (exact) mass is 221 g/mol. The maximum atomic E-state index is 13.7. The molecule has 1 aliphatic rings. The molecule has 1 aliphatic heterocycles. The van der Waals surface area contributed by atoms with Gasteiger partial charge in [-0.15, -0.1) is 0 Å². The van der Waals surface area contributed by atoms with Crippen LogP contribution in [0.4, 0.5) is 10.2 Å². The third-order valence-corrected chi connectivity index (χ3v) is 2.85. The van der Waals surface area contributed by atoms with E-state index in [1.54, 1.807) is 12.1 Å². The molecular weight excluding hydrogens is 209 g/mol. The Morgan fingerprint density at radius 3 is 2.94 bits per heavy atom. The number of hydrogen-bond donors (Lipinski definition) is 1. The van der Waals surface area contributed by atoms with E-state index < -0.39 is 0 Å². The summed E-state index contributed by atoms with van der Waals surface area (Å²) in [7, 11) is 0. The normalized spacial score (nSPS) is 16.9. The highest BCUT2D eigenvalue weighted by Crippen LogP contribution is 2.28. The predicted molar refractivity (Wildman–Crippen MR) is 59.0 cm³/mol. The Kier molecular flexibility index (Phi) is 2.25. The number of hydrogen-bond acceptors (Lipinski definition) is 4. The maximum absolute atomic E-state index is 13.7. The molecule has 0 atom stereocenters. The highest BCUT2D eigenvalue weighted by atomic mass is 19.1. The molecule has 0 saturated carbocycles. The largest absolute Gasteiger partial charge is 0.354 e. The highest BCUT2D eigenvalue weighted by molar-refractivity contribution is 5.89. The third-order valence-electron chi connectivity index (χ3n) is 2.85. The lowest BCUT2D eigenvalue weighted by molar-refractivity contribution is 0.451.